The van der Waals surface area contributed by atoms with E-state index in [4.69, 9.17) is 16.3 Å². The molecule has 0 aliphatic heterocycles. The van der Waals surface area contributed by atoms with Crippen molar-refractivity contribution in [1.82, 2.24) is 0 Å². The molecule has 0 bridgehead atoms. The number of ether oxygens (including phenoxy) is 1. The van der Waals surface area contributed by atoms with Crippen LogP contribution in [0.15, 0.2) is 78.9 Å². The third kappa shape index (κ3) is 4.11. The number of benzene rings is 3. The van der Waals surface area contributed by atoms with Gasteiger partial charge in [-0.25, -0.2) is 4.79 Å². The molecule has 1 N–H and O–H groups in total. The summed E-state index contributed by atoms with van der Waals surface area (Å²) in [6.07, 6.45) is -0.524. The number of anilines is 1. The standard InChI is InChI=1S/C19H14ClNO2/c20-16-11-9-14(10-12-16)15-5-4-6-17(13-15)21-19(22)23-18-7-2-1-3-8-18/h1-13H,(H,21,22). The number of amides is 1. The smallest absolute Gasteiger partial charge is 0.410 e. The molecule has 0 saturated heterocycles. The minimum atomic E-state index is -0.524. The quantitative estimate of drug-likeness (QED) is 0.679. The van der Waals surface area contributed by atoms with Crippen molar-refractivity contribution in [3.05, 3.63) is 83.9 Å². The monoisotopic (exact) mass is 323 g/mol. The molecule has 0 heterocycles. The number of nitrogens with one attached hydrogen (secondary N) is 1. The molecule has 114 valence electrons. The summed E-state index contributed by atoms with van der Waals surface area (Å²) in [5.74, 6) is 0.499. The first-order chi connectivity index (χ1) is 11.2. The number of rotatable bonds is 3. The van der Waals surface area contributed by atoms with Crippen molar-refractivity contribution in [3.8, 4) is 16.9 Å². The van der Waals surface area contributed by atoms with Crippen LogP contribution < -0.4 is 10.1 Å². The molecule has 3 rings (SSSR count). The Morgan fingerprint density at radius 1 is 0.826 bits per heavy atom. The maximum Gasteiger partial charge on any atom is 0.417 e. The summed E-state index contributed by atoms with van der Waals surface area (Å²) in [7, 11) is 0. The van der Waals surface area contributed by atoms with Crippen molar-refractivity contribution in [3.63, 3.8) is 0 Å². The minimum absolute atomic E-state index is 0.499. The average Bonchev–Trinajstić information content (AvgIpc) is 2.56. The molecule has 0 saturated carbocycles. The van der Waals surface area contributed by atoms with E-state index in [9.17, 15) is 4.79 Å². The molecular formula is C19H14ClNO2. The highest BCUT2D eigenvalue weighted by Crippen LogP contribution is 2.24. The Morgan fingerprint density at radius 3 is 2.30 bits per heavy atom. The average molecular weight is 324 g/mol. The van der Waals surface area contributed by atoms with Crippen LogP contribution in [0.2, 0.25) is 5.02 Å². The summed E-state index contributed by atoms with van der Waals surface area (Å²) in [4.78, 5) is 11.9. The molecule has 0 aliphatic carbocycles. The summed E-state index contributed by atoms with van der Waals surface area (Å²) in [6.45, 7) is 0. The van der Waals surface area contributed by atoms with Gasteiger partial charge in [-0.2, -0.15) is 0 Å². The summed E-state index contributed by atoms with van der Waals surface area (Å²) in [6, 6.07) is 24.0. The van der Waals surface area contributed by atoms with Gasteiger partial charge >= 0.3 is 6.09 Å². The number of carbonyl (C=O) groups is 1. The Balaban J connectivity index is 1.72. The second kappa shape index (κ2) is 6.99. The Kier molecular flexibility index (Phi) is 4.60. The minimum Gasteiger partial charge on any atom is -0.410 e. The van der Waals surface area contributed by atoms with Crippen molar-refractivity contribution in [2.75, 3.05) is 5.32 Å². The Bertz CT molecular complexity index is 801. The van der Waals surface area contributed by atoms with Gasteiger partial charge in [0.1, 0.15) is 5.75 Å². The normalized spacial score (nSPS) is 10.1. The Labute approximate surface area is 139 Å². The van der Waals surface area contributed by atoms with Crippen LogP contribution in [0.3, 0.4) is 0 Å². The zero-order chi connectivity index (χ0) is 16.1. The van der Waals surface area contributed by atoms with E-state index >= 15 is 0 Å². The lowest BCUT2D eigenvalue weighted by Crippen LogP contribution is -2.16. The molecule has 3 aromatic carbocycles. The molecule has 0 unspecified atom stereocenters. The van der Waals surface area contributed by atoms with E-state index in [1.807, 2.05) is 66.7 Å². The van der Waals surface area contributed by atoms with Crippen LogP contribution in [0, 0.1) is 0 Å². The molecular weight excluding hydrogens is 310 g/mol. The first-order valence-corrected chi connectivity index (χ1v) is 7.48. The van der Waals surface area contributed by atoms with Gasteiger partial charge in [-0.1, -0.05) is 54.1 Å². The van der Waals surface area contributed by atoms with Crippen molar-refractivity contribution >= 4 is 23.4 Å². The van der Waals surface area contributed by atoms with Gasteiger partial charge in [0.15, 0.2) is 0 Å². The van der Waals surface area contributed by atoms with E-state index in [0.29, 0.717) is 16.5 Å². The zero-order valence-corrected chi connectivity index (χ0v) is 13.0. The zero-order valence-electron chi connectivity index (χ0n) is 12.2. The fourth-order valence-corrected chi connectivity index (χ4v) is 2.28. The summed E-state index contributed by atoms with van der Waals surface area (Å²) in [5, 5.41) is 3.41. The Morgan fingerprint density at radius 2 is 1.57 bits per heavy atom. The largest absolute Gasteiger partial charge is 0.417 e. The summed E-state index contributed by atoms with van der Waals surface area (Å²) in [5.41, 5.74) is 2.67. The SMILES string of the molecule is O=C(Nc1cccc(-c2ccc(Cl)cc2)c1)Oc1ccccc1. The summed E-state index contributed by atoms with van der Waals surface area (Å²) >= 11 is 5.90. The van der Waals surface area contributed by atoms with E-state index in [1.165, 1.54) is 0 Å². The molecule has 3 aromatic rings. The number of para-hydroxylation sites is 1. The van der Waals surface area contributed by atoms with E-state index in [2.05, 4.69) is 5.32 Å². The molecule has 0 aromatic heterocycles. The molecule has 3 nitrogen and oxygen atoms in total. The highest BCUT2D eigenvalue weighted by molar-refractivity contribution is 6.30. The first kappa shape index (κ1) is 15.1. The molecule has 1 amide bonds. The van der Waals surface area contributed by atoms with Crippen LogP contribution in [0.25, 0.3) is 11.1 Å². The lowest BCUT2D eigenvalue weighted by molar-refractivity contribution is 0.215. The van der Waals surface area contributed by atoms with E-state index in [1.54, 1.807) is 12.1 Å². The van der Waals surface area contributed by atoms with E-state index < -0.39 is 6.09 Å². The second-order valence-electron chi connectivity index (χ2n) is 4.92. The fraction of sp³-hybridized carbons (Fsp3) is 0. The fourth-order valence-electron chi connectivity index (χ4n) is 2.16. The maximum atomic E-state index is 11.9. The van der Waals surface area contributed by atoms with E-state index in [0.717, 1.165) is 11.1 Å². The number of hydrogen-bond donors (Lipinski definition) is 1. The van der Waals surface area contributed by atoms with Crippen molar-refractivity contribution in [2.24, 2.45) is 0 Å². The van der Waals surface area contributed by atoms with Gasteiger partial charge in [0.05, 0.1) is 0 Å². The van der Waals surface area contributed by atoms with Gasteiger partial charge in [0.25, 0.3) is 0 Å². The third-order valence-corrected chi connectivity index (χ3v) is 3.49. The topological polar surface area (TPSA) is 38.3 Å². The molecule has 0 aliphatic rings. The number of carbonyl (C=O) groups excluding carboxylic acids is 1. The summed E-state index contributed by atoms with van der Waals surface area (Å²) < 4.78 is 5.21. The van der Waals surface area contributed by atoms with Gasteiger partial charge in [-0.05, 0) is 47.5 Å². The third-order valence-electron chi connectivity index (χ3n) is 3.24. The van der Waals surface area contributed by atoms with Gasteiger partial charge in [0.2, 0.25) is 0 Å². The first-order valence-electron chi connectivity index (χ1n) is 7.10. The van der Waals surface area contributed by atoms with Gasteiger partial charge in [-0.3, -0.25) is 5.32 Å². The molecule has 23 heavy (non-hydrogen) atoms. The number of halogens is 1. The second-order valence-corrected chi connectivity index (χ2v) is 5.35. The molecule has 4 heteroatoms. The molecule has 0 radical (unpaired) electrons. The highest BCUT2D eigenvalue weighted by atomic mass is 35.5. The van der Waals surface area contributed by atoms with Crippen molar-refractivity contribution in [2.45, 2.75) is 0 Å². The molecule has 0 spiro atoms. The van der Waals surface area contributed by atoms with Crippen LogP contribution in [0.4, 0.5) is 10.5 Å². The number of hydrogen-bond acceptors (Lipinski definition) is 2. The van der Waals surface area contributed by atoms with Crippen LogP contribution in [0.5, 0.6) is 5.75 Å². The van der Waals surface area contributed by atoms with E-state index in [-0.39, 0.29) is 0 Å². The van der Waals surface area contributed by atoms with Gasteiger partial charge in [0, 0.05) is 10.7 Å². The Hall–Kier alpha value is -2.78. The predicted octanol–water partition coefficient (Wildman–Crippen LogP) is 5.62. The lowest BCUT2D eigenvalue weighted by atomic mass is 10.1. The van der Waals surface area contributed by atoms with Gasteiger partial charge in [-0.15, -0.1) is 0 Å². The molecule has 0 atom stereocenters. The van der Waals surface area contributed by atoms with Crippen LogP contribution in [-0.2, 0) is 0 Å². The lowest BCUT2D eigenvalue weighted by Gasteiger charge is -2.08. The van der Waals surface area contributed by atoms with Gasteiger partial charge < -0.3 is 4.74 Å². The van der Waals surface area contributed by atoms with Crippen molar-refractivity contribution in [1.29, 1.82) is 0 Å². The van der Waals surface area contributed by atoms with Crippen LogP contribution >= 0.6 is 11.6 Å². The highest BCUT2D eigenvalue weighted by Gasteiger charge is 2.06. The van der Waals surface area contributed by atoms with Crippen LogP contribution in [-0.4, -0.2) is 6.09 Å². The maximum absolute atomic E-state index is 11.9. The van der Waals surface area contributed by atoms with Crippen LogP contribution in [0.1, 0.15) is 0 Å². The van der Waals surface area contributed by atoms with Crippen molar-refractivity contribution < 1.29 is 9.53 Å². The molecule has 0 fully saturated rings. The predicted molar refractivity (Wildman–Crippen MR) is 93.0 cm³/mol.